The fourth-order valence-electron chi connectivity index (χ4n) is 3.22. The fraction of sp³-hybridized carbons (Fsp3) is 0.600. The van der Waals surface area contributed by atoms with Crippen LogP contribution in [0.15, 0.2) is 24.3 Å². The molecule has 21 heavy (non-hydrogen) atoms. The molecule has 2 atom stereocenters. The van der Waals surface area contributed by atoms with Crippen LogP contribution in [0.5, 0.6) is 0 Å². The van der Waals surface area contributed by atoms with Gasteiger partial charge in [-0.3, -0.25) is 9.80 Å². The predicted octanol–water partition coefficient (Wildman–Crippen LogP) is 0.498. The summed E-state index contributed by atoms with van der Waals surface area (Å²) >= 11 is -1.71. The van der Waals surface area contributed by atoms with Crippen molar-refractivity contribution in [2.24, 2.45) is 0 Å². The molecule has 0 aromatic heterocycles. The third kappa shape index (κ3) is 4.11. The quantitative estimate of drug-likeness (QED) is 0.793. The Kier molecular flexibility index (Phi) is 5.03. The number of rotatable bonds is 4. The van der Waals surface area contributed by atoms with Crippen LogP contribution in [0.3, 0.4) is 0 Å². The van der Waals surface area contributed by atoms with Crippen LogP contribution >= 0.6 is 0 Å². The number of hydrogen-bond donors (Lipinski definition) is 2. The van der Waals surface area contributed by atoms with Crippen molar-refractivity contribution in [2.45, 2.75) is 19.0 Å². The molecule has 0 amide bonds. The molecule has 6 heteroatoms. The number of fused-ring (bicyclic) bond motifs is 1. The van der Waals surface area contributed by atoms with Crippen LogP contribution in [-0.2, 0) is 24.0 Å². The summed E-state index contributed by atoms with van der Waals surface area (Å²) in [6.07, 6.45) is 1.09. The van der Waals surface area contributed by atoms with Gasteiger partial charge in [0, 0.05) is 45.3 Å². The summed E-state index contributed by atoms with van der Waals surface area (Å²) in [6.45, 7) is 5.76. The molecule has 1 saturated heterocycles. The molecular formula is C15H23N3O2S. The second-order valence-electron chi connectivity index (χ2n) is 5.92. The highest BCUT2D eigenvalue weighted by Gasteiger charge is 2.23. The number of nitrogens with zero attached hydrogens (tertiary/aromatic N) is 2. The molecule has 1 unspecified atom stereocenters. The average molecular weight is 309 g/mol. The maximum Gasteiger partial charge on any atom is 0.167 e. The molecule has 0 aliphatic carbocycles. The lowest BCUT2D eigenvalue weighted by Gasteiger charge is -2.37. The zero-order valence-electron chi connectivity index (χ0n) is 12.2. The minimum Gasteiger partial charge on any atom is -0.308 e. The zero-order valence-corrected chi connectivity index (χ0v) is 13.0. The van der Waals surface area contributed by atoms with Crippen LogP contribution in [0.2, 0.25) is 0 Å². The standard InChI is InChI=1S/C15H23N3O2S/c19-21(20)12-18-7-5-17(6-8-18)11-15-9-13-3-1-2-4-14(13)10-16-15/h1-4,15-16H,5-12H2,(H,19,20)/t15-/m0/s1. The maximum atomic E-state index is 10.8. The second kappa shape index (κ2) is 6.98. The maximum absolute atomic E-state index is 10.8. The van der Waals surface area contributed by atoms with Gasteiger partial charge in [0.05, 0.1) is 0 Å². The minimum absolute atomic E-state index is 0.281. The van der Waals surface area contributed by atoms with Crippen LogP contribution in [-0.4, -0.2) is 63.2 Å². The van der Waals surface area contributed by atoms with Gasteiger partial charge in [0.2, 0.25) is 0 Å². The summed E-state index contributed by atoms with van der Waals surface area (Å²) in [5.41, 5.74) is 2.89. The van der Waals surface area contributed by atoms with Crippen molar-refractivity contribution in [3.05, 3.63) is 35.4 Å². The van der Waals surface area contributed by atoms with Crippen molar-refractivity contribution >= 4 is 11.1 Å². The van der Waals surface area contributed by atoms with Gasteiger partial charge in [-0.15, -0.1) is 0 Å². The molecule has 116 valence electrons. The molecule has 0 saturated carbocycles. The SMILES string of the molecule is O=S(O)CN1CCN(C[C@@H]2Cc3ccccc3CN2)CC1. The lowest BCUT2D eigenvalue weighted by atomic mass is 9.95. The van der Waals surface area contributed by atoms with Gasteiger partial charge in [-0.2, -0.15) is 0 Å². The van der Waals surface area contributed by atoms with Crippen molar-refractivity contribution in [3.63, 3.8) is 0 Å². The minimum atomic E-state index is -1.71. The van der Waals surface area contributed by atoms with Crippen molar-refractivity contribution in [1.82, 2.24) is 15.1 Å². The summed E-state index contributed by atoms with van der Waals surface area (Å²) in [4.78, 5) is 4.53. The Morgan fingerprint density at radius 3 is 2.52 bits per heavy atom. The van der Waals surface area contributed by atoms with Gasteiger partial charge < -0.3 is 9.87 Å². The third-order valence-electron chi connectivity index (χ3n) is 4.40. The van der Waals surface area contributed by atoms with E-state index in [0.717, 1.165) is 45.7 Å². The van der Waals surface area contributed by atoms with E-state index in [9.17, 15) is 4.21 Å². The molecule has 3 rings (SSSR count). The fourth-order valence-corrected chi connectivity index (χ4v) is 3.79. The van der Waals surface area contributed by atoms with E-state index >= 15 is 0 Å². The first-order valence-corrected chi connectivity index (χ1v) is 8.80. The van der Waals surface area contributed by atoms with E-state index < -0.39 is 11.1 Å². The molecule has 1 aromatic carbocycles. The molecule has 5 nitrogen and oxygen atoms in total. The predicted molar refractivity (Wildman–Crippen MR) is 84.4 cm³/mol. The van der Waals surface area contributed by atoms with Gasteiger partial charge in [-0.1, -0.05) is 24.3 Å². The second-order valence-corrected chi connectivity index (χ2v) is 6.82. The summed E-state index contributed by atoms with van der Waals surface area (Å²) in [5, 5.41) is 3.62. The topological polar surface area (TPSA) is 55.8 Å². The van der Waals surface area contributed by atoms with Crippen LogP contribution in [0.25, 0.3) is 0 Å². The lowest BCUT2D eigenvalue weighted by Crippen LogP contribution is -2.52. The molecule has 0 radical (unpaired) electrons. The monoisotopic (exact) mass is 309 g/mol. The Labute approximate surface area is 128 Å². The molecular weight excluding hydrogens is 286 g/mol. The Morgan fingerprint density at radius 1 is 1.14 bits per heavy atom. The largest absolute Gasteiger partial charge is 0.308 e. The number of benzene rings is 1. The average Bonchev–Trinajstić information content (AvgIpc) is 2.49. The first-order valence-electron chi connectivity index (χ1n) is 7.53. The molecule has 2 aliphatic heterocycles. The summed E-state index contributed by atoms with van der Waals surface area (Å²) < 4.78 is 19.8. The van der Waals surface area contributed by atoms with Gasteiger partial charge in [-0.25, -0.2) is 4.21 Å². The van der Waals surface area contributed by atoms with E-state index in [1.54, 1.807) is 0 Å². The molecule has 2 aliphatic rings. The van der Waals surface area contributed by atoms with Crippen molar-refractivity contribution in [3.8, 4) is 0 Å². The van der Waals surface area contributed by atoms with Gasteiger partial charge in [-0.05, 0) is 17.5 Å². The Morgan fingerprint density at radius 2 is 1.81 bits per heavy atom. The molecule has 0 bridgehead atoms. The van der Waals surface area contributed by atoms with Crippen molar-refractivity contribution < 1.29 is 8.76 Å². The molecule has 0 spiro atoms. The normalized spacial score (nSPS) is 25.5. The van der Waals surface area contributed by atoms with Crippen molar-refractivity contribution in [1.29, 1.82) is 0 Å². The smallest absolute Gasteiger partial charge is 0.167 e. The van der Waals surface area contributed by atoms with Crippen molar-refractivity contribution in [2.75, 3.05) is 38.6 Å². The van der Waals surface area contributed by atoms with E-state index in [0.29, 0.717) is 6.04 Å². The van der Waals surface area contributed by atoms with Gasteiger partial charge >= 0.3 is 0 Å². The number of nitrogens with one attached hydrogen (secondary N) is 1. The highest BCUT2D eigenvalue weighted by molar-refractivity contribution is 7.79. The molecule has 2 heterocycles. The van der Waals surface area contributed by atoms with E-state index in [1.165, 1.54) is 11.1 Å². The summed E-state index contributed by atoms with van der Waals surface area (Å²) in [7, 11) is 0. The number of hydrogen-bond acceptors (Lipinski definition) is 4. The van der Waals surface area contributed by atoms with E-state index in [4.69, 9.17) is 4.55 Å². The third-order valence-corrected chi connectivity index (χ3v) is 4.99. The lowest BCUT2D eigenvalue weighted by molar-refractivity contribution is 0.134. The Bertz CT molecular complexity index is 503. The van der Waals surface area contributed by atoms with Gasteiger partial charge in [0.1, 0.15) is 5.88 Å². The zero-order chi connectivity index (χ0) is 14.7. The van der Waals surface area contributed by atoms with E-state index in [-0.39, 0.29) is 5.88 Å². The molecule has 1 fully saturated rings. The highest BCUT2D eigenvalue weighted by Crippen LogP contribution is 2.17. The van der Waals surface area contributed by atoms with Crippen LogP contribution in [0.1, 0.15) is 11.1 Å². The number of piperazine rings is 1. The Hall–Kier alpha value is -0.790. The van der Waals surface area contributed by atoms with Crippen LogP contribution in [0, 0.1) is 0 Å². The first kappa shape index (κ1) is 15.1. The van der Waals surface area contributed by atoms with Gasteiger partial charge in [0.25, 0.3) is 0 Å². The molecule has 2 N–H and O–H groups in total. The van der Waals surface area contributed by atoms with E-state index in [1.807, 2.05) is 0 Å². The summed E-state index contributed by atoms with van der Waals surface area (Å²) in [5.74, 6) is 0.281. The van der Waals surface area contributed by atoms with Crippen LogP contribution < -0.4 is 5.32 Å². The highest BCUT2D eigenvalue weighted by atomic mass is 32.2. The first-order chi connectivity index (χ1) is 10.2. The van der Waals surface area contributed by atoms with Gasteiger partial charge in [0.15, 0.2) is 11.1 Å². The Balaban J connectivity index is 1.47. The van der Waals surface area contributed by atoms with E-state index in [2.05, 4.69) is 39.4 Å². The molecule has 1 aromatic rings. The summed E-state index contributed by atoms with van der Waals surface area (Å²) in [6, 6.07) is 9.17. The van der Waals surface area contributed by atoms with Crippen LogP contribution in [0.4, 0.5) is 0 Å².